The van der Waals surface area contributed by atoms with Gasteiger partial charge in [-0.25, -0.2) is 0 Å². The predicted molar refractivity (Wildman–Crippen MR) is 124 cm³/mol. The lowest BCUT2D eigenvalue weighted by Gasteiger charge is -2.34. The molecule has 0 radical (unpaired) electrons. The van der Waals surface area contributed by atoms with Gasteiger partial charge in [-0.3, -0.25) is 14.5 Å². The molecular formula is C20H18Br3ClN2O3. The molecule has 0 aromatic heterocycles. The van der Waals surface area contributed by atoms with Crippen molar-refractivity contribution >= 4 is 71.6 Å². The molecule has 1 aliphatic heterocycles. The number of hydrogen-bond acceptors (Lipinski definition) is 4. The molecule has 0 aliphatic carbocycles. The Balaban J connectivity index is 1.53. The van der Waals surface area contributed by atoms with E-state index in [9.17, 15) is 9.59 Å². The fraction of sp³-hybridized carbons (Fsp3) is 0.300. The van der Waals surface area contributed by atoms with Gasteiger partial charge in [-0.05, 0) is 71.6 Å². The highest BCUT2D eigenvalue weighted by Crippen LogP contribution is 2.39. The maximum atomic E-state index is 12.6. The van der Waals surface area contributed by atoms with Gasteiger partial charge in [0, 0.05) is 47.8 Å². The molecule has 9 heteroatoms. The Labute approximate surface area is 199 Å². The van der Waals surface area contributed by atoms with Gasteiger partial charge in [-0.1, -0.05) is 23.7 Å². The number of aldehydes is 1. The van der Waals surface area contributed by atoms with E-state index in [1.165, 1.54) is 5.56 Å². The van der Waals surface area contributed by atoms with Gasteiger partial charge in [0.2, 0.25) is 0 Å². The first-order valence-corrected chi connectivity index (χ1v) is 11.6. The Kier molecular flexibility index (Phi) is 8.15. The van der Waals surface area contributed by atoms with E-state index in [4.69, 9.17) is 16.3 Å². The largest absolute Gasteiger partial charge is 0.481 e. The lowest BCUT2D eigenvalue weighted by Crippen LogP contribution is -2.49. The number of hydrogen-bond donors (Lipinski definition) is 0. The minimum Gasteiger partial charge on any atom is -0.481 e. The van der Waals surface area contributed by atoms with Gasteiger partial charge in [0.05, 0.1) is 8.95 Å². The number of piperazine rings is 1. The molecule has 2 aromatic carbocycles. The number of carbonyl (C=O) groups is 2. The van der Waals surface area contributed by atoms with Crippen molar-refractivity contribution in [2.24, 2.45) is 0 Å². The summed E-state index contributed by atoms with van der Waals surface area (Å²) in [7, 11) is 0. The highest BCUT2D eigenvalue weighted by molar-refractivity contribution is 9.11. The number of benzene rings is 2. The zero-order chi connectivity index (χ0) is 21.0. The number of amides is 1. The Morgan fingerprint density at radius 1 is 1.07 bits per heavy atom. The first-order valence-electron chi connectivity index (χ1n) is 8.89. The van der Waals surface area contributed by atoms with Gasteiger partial charge in [0.15, 0.2) is 12.9 Å². The lowest BCUT2D eigenvalue weighted by atomic mass is 10.2. The summed E-state index contributed by atoms with van der Waals surface area (Å²) in [5.41, 5.74) is 1.64. The van der Waals surface area contributed by atoms with E-state index in [1.807, 2.05) is 24.3 Å². The number of rotatable bonds is 6. The second-order valence-electron chi connectivity index (χ2n) is 6.59. The van der Waals surface area contributed by atoms with Crippen molar-refractivity contribution in [2.75, 3.05) is 32.8 Å². The van der Waals surface area contributed by atoms with Crippen LogP contribution in [0.2, 0.25) is 5.02 Å². The van der Waals surface area contributed by atoms with Crippen molar-refractivity contribution in [1.29, 1.82) is 0 Å². The van der Waals surface area contributed by atoms with Crippen LogP contribution in [-0.4, -0.2) is 54.8 Å². The summed E-state index contributed by atoms with van der Waals surface area (Å²) in [6.45, 7) is 3.65. The van der Waals surface area contributed by atoms with Crippen LogP contribution in [0.3, 0.4) is 0 Å². The minimum atomic E-state index is -0.0890. The molecule has 1 fully saturated rings. The topological polar surface area (TPSA) is 49.9 Å². The Morgan fingerprint density at radius 3 is 2.34 bits per heavy atom. The monoisotopic (exact) mass is 606 g/mol. The fourth-order valence-electron chi connectivity index (χ4n) is 3.06. The Morgan fingerprint density at radius 2 is 1.72 bits per heavy atom. The fourth-order valence-corrected chi connectivity index (χ4v) is 5.72. The summed E-state index contributed by atoms with van der Waals surface area (Å²) in [5, 5.41) is 0.730. The van der Waals surface area contributed by atoms with Gasteiger partial charge in [-0.2, -0.15) is 0 Å². The average molecular weight is 610 g/mol. The maximum absolute atomic E-state index is 12.6. The molecule has 0 saturated carbocycles. The minimum absolute atomic E-state index is 0.0782. The second-order valence-corrected chi connectivity index (χ2v) is 9.53. The lowest BCUT2D eigenvalue weighted by molar-refractivity contribution is -0.135. The molecule has 0 bridgehead atoms. The molecule has 5 nitrogen and oxygen atoms in total. The number of halogens is 4. The smallest absolute Gasteiger partial charge is 0.260 e. The van der Waals surface area contributed by atoms with Gasteiger partial charge >= 0.3 is 0 Å². The molecule has 0 atom stereocenters. The molecule has 154 valence electrons. The summed E-state index contributed by atoms with van der Waals surface area (Å²) < 4.78 is 7.53. The van der Waals surface area contributed by atoms with Crippen molar-refractivity contribution in [3.63, 3.8) is 0 Å². The van der Waals surface area contributed by atoms with Gasteiger partial charge in [0.25, 0.3) is 5.91 Å². The summed E-state index contributed by atoms with van der Waals surface area (Å²) >= 11 is 16.1. The normalized spacial score (nSPS) is 14.7. The zero-order valence-corrected chi connectivity index (χ0v) is 20.9. The third-order valence-electron chi connectivity index (χ3n) is 4.67. The molecular weight excluding hydrogens is 591 g/mol. The van der Waals surface area contributed by atoms with Crippen molar-refractivity contribution < 1.29 is 14.3 Å². The molecule has 0 spiro atoms. The summed E-state index contributed by atoms with van der Waals surface area (Å²) in [4.78, 5) is 28.0. The molecule has 29 heavy (non-hydrogen) atoms. The number of carbonyl (C=O) groups excluding carboxylic acids is 2. The highest BCUT2D eigenvalue weighted by atomic mass is 79.9. The predicted octanol–water partition coefficient (Wildman–Crippen LogP) is 5.16. The van der Waals surface area contributed by atoms with Crippen LogP contribution in [-0.2, 0) is 11.3 Å². The van der Waals surface area contributed by atoms with Crippen molar-refractivity contribution in [2.45, 2.75) is 6.54 Å². The standard InChI is InChI=1S/C20H18Br3ClN2O3/c21-16-9-17(22)20(19(23)15(16)11-27)29-12-18(28)26-7-5-25(6-8-26)10-13-1-3-14(24)4-2-13/h1-4,9,11H,5-8,10,12H2. The van der Waals surface area contributed by atoms with Crippen LogP contribution >= 0.6 is 59.4 Å². The average Bonchev–Trinajstić information content (AvgIpc) is 2.70. The number of nitrogens with zero attached hydrogens (tertiary/aromatic N) is 2. The van der Waals surface area contributed by atoms with Crippen molar-refractivity contribution in [3.8, 4) is 5.75 Å². The van der Waals surface area contributed by atoms with Gasteiger partial charge in [0.1, 0.15) is 5.75 Å². The molecule has 3 rings (SSSR count). The summed E-state index contributed by atoms with van der Waals surface area (Å²) in [6.07, 6.45) is 0.731. The third-order valence-corrected chi connectivity index (χ3v) is 6.95. The van der Waals surface area contributed by atoms with Crippen molar-refractivity contribution in [1.82, 2.24) is 9.80 Å². The Hall–Kier alpha value is -0.930. The van der Waals surface area contributed by atoms with Crippen LogP contribution in [0.15, 0.2) is 43.7 Å². The molecule has 2 aromatic rings. The molecule has 0 N–H and O–H groups in total. The van der Waals surface area contributed by atoms with Crippen LogP contribution in [0.4, 0.5) is 0 Å². The number of ether oxygens (including phenoxy) is 1. The van der Waals surface area contributed by atoms with Crippen LogP contribution in [0.5, 0.6) is 5.75 Å². The van der Waals surface area contributed by atoms with E-state index >= 15 is 0 Å². The summed E-state index contributed by atoms with van der Waals surface area (Å²) in [6, 6.07) is 9.55. The van der Waals surface area contributed by atoms with Crippen molar-refractivity contribution in [3.05, 3.63) is 59.9 Å². The first kappa shape index (κ1) is 22.7. The van der Waals surface area contributed by atoms with Gasteiger partial charge in [-0.15, -0.1) is 0 Å². The summed E-state index contributed by atoms with van der Waals surface area (Å²) in [5.74, 6) is 0.357. The molecule has 1 aliphatic rings. The molecule has 0 unspecified atom stereocenters. The zero-order valence-electron chi connectivity index (χ0n) is 15.3. The van der Waals surface area contributed by atoms with Crippen LogP contribution in [0.1, 0.15) is 15.9 Å². The van der Waals surface area contributed by atoms with E-state index in [0.29, 0.717) is 37.8 Å². The van der Waals surface area contributed by atoms with E-state index < -0.39 is 0 Å². The quantitative estimate of drug-likeness (QED) is 0.425. The van der Waals surface area contributed by atoms with E-state index in [2.05, 4.69) is 52.7 Å². The first-order chi connectivity index (χ1) is 13.9. The Bertz CT molecular complexity index is 901. The van der Waals surface area contributed by atoms with Gasteiger partial charge < -0.3 is 9.64 Å². The van der Waals surface area contributed by atoms with E-state index in [1.54, 1.807) is 11.0 Å². The van der Waals surface area contributed by atoms with Crippen LogP contribution < -0.4 is 4.74 Å². The molecule has 1 amide bonds. The molecule has 1 saturated heterocycles. The SMILES string of the molecule is O=Cc1c(Br)cc(Br)c(OCC(=O)N2CCN(Cc3ccc(Cl)cc3)CC2)c1Br. The molecule has 1 heterocycles. The second kappa shape index (κ2) is 10.4. The van der Waals surface area contributed by atoms with Crippen LogP contribution in [0, 0.1) is 0 Å². The highest BCUT2D eigenvalue weighted by Gasteiger charge is 2.23. The van der Waals surface area contributed by atoms with E-state index in [0.717, 1.165) is 30.9 Å². The van der Waals surface area contributed by atoms with E-state index in [-0.39, 0.29) is 12.5 Å². The third kappa shape index (κ3) is 5.82. The van der Waals surface area contributed by atoms with Crippen LogP contribution in [0.25, 0.3) is 0 Å². The maximum Gasteiger partial charge on any atom is 0.260 e.